The third-order valence-electron chi connectivity index (χ3n) is 5.26. The molecular formula is C24H16FN5OS. The lowest BCUT2D eigenvalue weighted by Crippen LogP contribution is -2.25. The van der Waals surface area contributed by atoms with Gasteiger partial charge in [-0.3, -0.25) is 9.78 Å². The molecule has 1 N–H and O–H groups in total. The number of nitrogens with one attached hydrogen (secondary N) is 1. The number of hydrogen-bond donors (Lipinski definition) is 1. The van der Waals surface area contributed by atoms with E-state index in [2.05, 4.69) is 9.97 Å². The molecule has 32 heavy (non-hydrogen) atoms. The fraction of sp³-hybridized carbons (Fsp3) is 0.0833. The van der Waals surface area contributed by atoms with Gasteiger partial charge in [0.2, 0.25) is 5.95 Å². The van der Waals surface area contributed by atoms with Crippen molar-refractivity contribution in [3.05, 3.63) is 105 Å². The largest absolute Gasteiger partial charge is 0.290 e. The summed E-state index contributed by atoms with van der Waals surface area (Å²) in [6.45, 7) is 0. The number of rotatable bonds is 4. The van der Waals surface area contributed by atoms with E-state index in [9.17, 15) is 14.4 Å². The van der Waals surface area contributed by atoms with Crippen LogP contribution >= 0.6 is 11.3 Å². The van der Waals surface area contributed by atoms with Crippen LogP contribution in [-0.2, 0) is 0 Å². The summed E-state index contributed by atoms with van der Waals surface area (Å²) in [4.78, 5) is 20.8. The predicted molar refractivity (Wildman–Crippen MR) is 122 cm³/mol. The van der Waals surface area contributed by atoms with Gasteiger partial charge in [-0.05, 0) is 34.7 Å². The number of nitriles is 1. The molecule has 156 valence electrons. The molecule has 1 aliphatic heterocycles. The highest BCUT2D eigenvalue weighted by Crippen LogP contribution is 2.36. The number of H-pyrrole nitrogens is 1. The molecule has 0 saturated carbocycles. The van der Waals surface area contributed by atoms with Gasteiger partial charge in [-0.2, -0.15) is 10.4 Å². The number of thiophene rings is 1. The quantitative estimate of drug-likeness (QED) is 0.490. The molecule has 2 aromatic carbocycles. The third kappa shape index (κ3) is 3.59. The Morgan fingerprint density at radius 2 is 1.88 bits per heavy atom. The summed E-state index contributed by atoms with van der Waals surface area (Å²) in [5, 5.41) is 17.8. The Hall–Kier alpha value is -4.09. The summed E-state index contributed by atoms with van der Waals surface area (Å²) in [6.07, 6.45) is 0.549. The van der Waals surface area contributed by atoms with E-state index in [-0.39, 0.29) is 23.4 Å². The van der Waals surface area contributed by atoms with Crippen LogP contribution in [-0.4, -0.2) is 15.7 Å². The Labute approximate surface area is 186 Å². The van der Waals surface area contributed by atoms with Gasteiger partial charge in [0.05, 0.1) is 16.6 Å². The average Bonchev–Trinajstić information content (AvgIpc) is 3.50. The number of halogens is 1. The summed E-state index contributed by atoms with van der Waals surface area (Å²) >= 11 is 1.40. The third-order valence-corrected chi connectivity index (χ3v) is 6.14. The van der Waals surface area contributed by atoms with Crippen molar-refractivity contribution in [3.8, 4) is 16.6 Å². The molecule has 1 atom stereocenters. The normalized spacial score (nSPS) is 15.4. The molecule has 1 unspecified atom stereocenters. The van der Waals surface area contributed by atoms with E-state index in [1.54, 1.807) is 17.1 Å². The zero-order valence-electron chi connectivity index (χ0n) is 16.7. The first-order valence-corrected chi connectivity index (χ1v) is 10.8. The van der Waals surface area contributed by atoms with E-state index in [1.807, 2.05) is 53.9 Å². The van der Waals surface area contributed by atoms with Crippen LogP contribution in [0.2, 0.25) is 0 Å². The van der Waals surface area contributed by atoms with Crippen molar-refractivity contribution in [2.24, 2.45) is 5.10 Å². The summed E-state index contributed by atoms with van der Waals surface area (Å²) in [5.41, 5.74) is 2.37. The van der Waals surface area contributed by atoms with Crippen molar-refractivity contribution in [2.45, 2.75) is 12.5 Å². The van der Waals surface area contributed by atoms with Gasteiger partial charge in [-0.15, -0.1) is 11.3 Å². The second kappa shape index (κ2) is 8.21. The maximum absolute atomic E-state index is 13.6. The molecule has 4 aromatic rings. The lowest BCUT2D eigenvalue weighted by atomic mass is 9.98. The van der Waals surface area contributed by atoms with E-state index >= 15 is 0 Å². The van der Waals surface area contributed by atoms with E-state index in [4.69, 9.17) is 5.10 Å². The van der Waals surface area contributed by atoms with Crippen molar-refractivity contribution in [1.82, 2.24) is 9.97 Å². The van der Waals surface area contributed by atoms with Gasteiger partial charge < -0.3 is 0 Å². The Morgan fingerprint density at radius 1 is 1.09 bits per heavy atom. The second-order valence-electron chi connectivity index (χ2n) is 7.23. The first-order chi connectivity index (χ1) is 15.6. The minimum atomic E-state index is -0.526. The SMILES string of the molecule is N#Cc1c(-c2cccs2)nc(N2N=C(c3ccccc3)CC2c2ccc(F)cc2)[nH]c1=O. The fourth-order valence-corrected chi connectivity index (χ4v) is 4.44. The van der Waals surface area contributed by atoms with Crippen molar-refractivity contribution in [3.63, 3.8) is 0 Å². The van der Waals surface area contributed by atoms with Crippen molar-refractivity contribution in [1.29, 1.82) is 5.26 Å². The minimum Gasteiger partial charge on any atom is -0.290 e. The summed E-state index contributed by atoms with van der Waals surface area (Å²) in [6, 6.07) is 21.3. The van der Waals surface area contributed by atoms with Gasteiger partial charge in [0.25, 0.3) is 5.56 Å². The van der Waals surface area contributed by atoms with E-state index in [1.165, 1.54) is 23.5 Å². The molecule has 2 aromatic heterocycles. The maximum atomic E-state index is 13.6. The smallest absolute Gasteiger partial charge is 0.270 e. The molecule has 6 nitrogen and oxygen atoms in total. The van der Waals surface area contributed by atoms with E-state index in [0.717, 1.165) is 21.7 Å². The van der Waals surface area contributed by atoms with E-state index < -0.39 is 5.56 Å². The first-order valence-electron chi connectivity index (χ1n) is 9.90. The zero-order valence-corrected chi connectivity index (χ0v) is 17.5. The molecule has 0 aliphatic carbocycles. The molecule has 5 rings (SSSR count). The number of aromatic nitrogens is 2. The van der Waals surface area contributed by atoms with Crippen LogP contribution in [0, 0.1) is 17.1 Å². The van der Waals surface area contributed by atoms with Gasteiger partial charge in [-0.25, -0.2) is 14.4 Å². The highest BCUT2D eigenvalue weighted by atomic mass is 32.1. The molecule has 0 bridgehead atoms. The van der Waals surface area contributed by atoms with Gasteiger partial charge in [-0.1, -0.05) is 48.5 Å². The van der Waals surface area contributed by atoms with Gasteiger partial charge in [0.1, 0.15) is 23.1 Å². The molecule has 0 radical (unpaired) electrons. The van der Waals surface area contributed by atoms with Crippen LogP contribution in [0.25, 0.3) is 10.6 Å². The second-order valence-corrected chi connectivity index (χ2v) is 8.18. The van der Waals surface area contributed by atoms with Gasteiger partial charge in [0.15, 0.2) is 0 Å². The first kappa shape index (κ1) is 19.8. The highest BCUT2D eigenvalue weighted by Gasteiger charge is 2.32. The molecule has 0 amide bonds. The lowest BCUT2D eigenvalue weighted by Gasteiger charge is -2.22. The number of hydrazone groups is 1. The summed E-state index contributed by atoms with van der Waals surface area (Å²) < 4.78 is 13.6. The van der Waals surface area contributed by atoms with Crippen molar-refractivity contribution in [2.75, 3.05) is 5.01 Å². The maximum Gasteiger partial charge on any atom is 0.270 e. The Kier molecular flexibility index (Phi) is 5.09. The molecule has 1 aliphatic rings. The molecule has 0 spiro atoms. The zero-order chi connectivity index (χ0) is 22.1. The fourth-order valence-electron chi connectivity index (χ4n) is 3.72. The molecule has 3 heterocycles. The Balaban J connectivity index is 1.66. The number of aromatic amines is 1. The van der Waals surface area contributed by atoms with Crippen LogP contribution in [0.1, 0.15) is 29.2 Å². The van der Waals surface area contributed by atoms with Crippen LogP contribution in [0.3, 0.4) is 0 Å². The molecule has 0 saturated heterocycles. The number of benzene rings is 2. The van der Waals surface area contributed by atoms with Gasteiger partial charge >= 0.3 is 0 Å². The van der Waals surface area contributed by atoms with Crippen LogP contribution in [0.5, 0.6) is 0 Å². The predicted octanol–water partition coefficient (Wildman–Crippen LogP) is 4.86. The van der Waals surface area contributed by atoms with Crippen LogP contribution in [0.15, 0.2) is 82.0 Å². The lowest BCUT2D eigenvalue weighted by molar-refractivity contribution is 0.623. The Bertz CT molecular complexity index is 1390. The number of nitrogens with zero attached hydrogens (tertiary/aromatic N) is 4. The summed E-state index contributed by atoms with van der Waals surface area (Å²) in [5.74, 6) is -0.0926. The molecular weight excluding hydrogens is 425 g/mol. The molecule has 0 fully saturated rings. The van der Waals surface area contributed by atoms with Crippen molar-refractivity contribution < 1.29 is 4.39 Å². The standard InChI is InChI=1S/C24H16FN5OS/c25-17-10-8-16(9-11-17)20-13-19(15-5-2-1-3-6-15)29-30(20)24-27-22(21-7-4-12-32-21)18(14-26)23(31)28-24/h1-12,20H,13H2,(H,27,28,31). The topological polar surface area (TPSA) is 85.1 Å². The van der Waals surface area contributed by atoms with Crippen molar-refractivity contribution >= 4 is 23.0 Å². The average molecular weight is 441 g/mol. The van der Waals surface area contributed by atoms with Crippen LogP contribution < -0.4 is 10.6 Å². The highest BCUT2D eigenvalue weighted by molar-refractivity contribution is 7.13. The summed E-state index contributed by atoms with van der Waals surface area (Å²) in [7, 11) is 0. The minimum absolute atomic E-state index is 0.0407. The Morgan fingerprint density at radius 3 is 2.56 bits per heavy atom. The van der Waals surface area contributed by atoms with Crippen LogP contribution in [0.4, 0.5) is 10.3 Å². The monoisotopic (exact) mass is 441 g/mol. The number of anilines is 1. The van der Waals surface area contributed by atoms with Gasteiger partial charge in [0, 0.05) is 6.42 Å². The molecule has 8 heteroatoms. The number of hydrogen-bond acceptors (Lipinski definition) is 6. The van der Waals surface area contributed by atoms with E-state index in [0.29, 0.717) is 12.1 Å².